The zero-order valence-corrected chi connectivity index (χ0v) is 10.6. The van der Waals surface area contributed by atoms with Crippen LogP contribution in [0, 0.1) is 23.0 Å². The minimum absolute atomic E-state index is 0.0115. The molecule has 1 N–H and O–H groups in total. The Bertz CT molecular complexity index is 498. The SMILES string of the molecule is Cc1nc([N+](=O)[O-])c(N2CC[C@H]3CNC[C@H]32)n1C. The number of aromatic nitrogens is 2. The number of nitrogens with zero attached hydrogens (tertiary/aromatic N) is 4. The fraction of sp³-hybridized carbons (Fsp3) is 0.727. The number of hydrogen-bond donors (Lipinski definition) is 1. The predicted octanol–water partition coefficient (Wildman–Crippen LogP) is 0.435. The van der Waals surface area contributed by atoms with E-state index in [9.17, 15) is 10.1 Å². The van der Waals surface area contributed by atoms with Gasteiger partial charge in [-0.25, -0.2) is 0 Å². The van der Waals surface area contributed by atoms with E-state index in [1.807, 2.05) is 11.6 Å². The minimum atomic E-state index is -0.377. The van der Waals surface area contributed by atoms with Gasteiger partial charge in [0, 0.05) is 39.6 Å². The summed E-state index contributed by atoms with van der Waals surface area (Å²) in [5.41, 5.74) is 0. The van der Waals surface area contributed by atoms with Crippen LogP contribution in [0.1, 0.15) is 12.2 Å². The van der Waals surface area contributed by atoms with Crippen LogP contribution in [-0.4, -0.2) is 40.2 Å². The Labute approximate surface area is 105 Å². The van der Waals surface area contributed by atoms with Crippen LogP contribution < -0.4 is 10.2 Å². The van der Waals surface area contributed by atoms with Crippen LogP contribution in [-0.2, 0) is 7.05 Å². The fourth-order valence-corrected chi connectivity index (χ4v) is 3.14. The molecule has 7 nitrogen and oxygen atoms in total. The summed E-state index contributed by atoms with van der Waals surface area (Å²) in [6, 6.07) is 0.374. The Morgan fingerprint density at radius 1 is 1.50 bits per heavy atom. The van der Waals surface area contributed by atoms with Gasteiger partial charge in [0.15, 0.2) is 0 Å². The van der Waals surface area contributed by atoms with Gasteiger partial charge in [-0.2, -0.15) is 0 Å². The second-order valence-corrected chi connectivity index (χ2v) is 5.09. The van der Waals surface area contributed by atoms with Crippen molar-refractivity contribution in [3.63, 3.8) is 0 Å². The van der Waals surface area contributed by atoms with E-state index >= 15 is 0 Å². The molecule has 2 fully saturated rings. The van der Waals surface area contributed by atoms with Crippen molar-refractivity contribution in [2.75, 3.05) is 24.5 Å². The number of hydrogen-bond acceptors (Lipinski definition) is 5. The van der Waals surface area contributed by atoms with E-state index in [1.165, 1.54) is 0 Å². The molecule has 2 aliphatic heterocycles. The Hall–Kier alpha value is -1.63. The van der Waals surface area contributed by atoms with Crippen molar-refractivity contribution in [1.29, 1.82) is 0 Å². The van der Waals surface area contributed by atoms with Gasteiger partial charge < -0.3 is 20.3 Å². The topological polar surface area (TPSA) is 76.2 Å². The Morgan fingerprint density at radius 3 is 3.00 bits per heavy atom. The molecule has 3 heterocycles. The Morgan fingerprint density at radius 2 is 2.28 bits per heavy atom. The summed E-state index contributed by atoms with van der Waals surface area (Å²) in [4.78, 5) is 17.0. The van der Waals surface area contributed by atoms with Gasteiger partial charge in [-0.1, -0.05) is 0 Å². The molecule has 0 aliphatic carbocycles. The van der Waals surface area contributed by atoms with Crippen molar-refractivity contribution < 1.29 is 4.92 Å². The third-order valence-electron chi connectivity index (χ3n) is 4.16. The average Bonchev–Trinajstić information content (AvgIpc) is 2.96. The molecule has 98 valence electrons. The zero-order valence-electron chi connectivity index (χ0n) is 10.6. The average molecular weight is 251 g/mol. The molecule has 0 bridgehead atoms. The second kappa shape index (κ2) is 3.94. The van der Waals surface area contributed by atoms with Crippen molar-refractivity contribution in [1.82, 2.24) is 14.9 Å². The molecule has 0 amide bonds. The maximum absolute atomic E-state index is 11.1. The first-order chi connectivity index (χ1) is 8.59. The number of rotatable bonds is 2. The van der Waals surface area contributed by atoms with Gasteiger partial charge in [-0.3, -0.25) is 4.57 Å². The summed E-state index contributed by atoms with van der Waals surface area (Å²) in [5.74, 6) is 1.95. The molecule has 0 aromatic carbocycles. The Kier molecular flexibility index (Phi) is 2.51. The molecule has 18 heavy (non-hydrogen) atoms. The lowest BCUT2D eigenvalue weighted by Gasteiger charge is -2.24. The quantitative estimate of drug-likeness (QED) is 0.609. The molecule has 2 aliphatic rings. The van der Waals surface area contributed by atoms with Gasteiger partial charge in [0.2, 0.25) is 11.6 Å². The zero-order chi connectivity index (χ0) is 12.9. The van der Waals surface area contributed by atoms with E-state index in [-0.39, 0.29) is 10.7 Å². The molecular formula is C11H17N5O2. The molecular weight excluding hydrogens is 234 g/mol. The molecule has 1 aromatic heterocycles. The van der Waals surface area contributed by atoms with E-state index in [4.69, 9.17) is 0 Å². The van der Waals surface area contributed by atoms with E-state index < -0.39 is 0 Å². The monoisotopic (exact) mass is 251 g/mol. The lowest BCUT2D eigenvalue weighted by molar-refractivity contribution is -0.388. The Balaban J connectivity index is 2.03. The number of nitrogens with one attached hydrogen (secondary N) is 1. The lowest BCUT2D eigenvalue weighted by Crippen LogP contribution is -2.35. The summed E-state index contributed by atoms with van der Waals surface area (Å²) in [6.45, 7) is 4.62. The van der Waals surface area contributed by atoms with Crippen molar-refractivity contribution in [2.24, 2.45) is 13.0 Å². The number of fused-ring (bicyclic) bond motifs is 1. The third kappa shape index (κ3) is 1.50. The van der Waals surface area contributed by atoms with Crippen LogP contribution in [0.2, 0.25) is 0 Å². The number of nitro groups is 1. The van der Waals surface area contributed by atoms with E-state index in [0.29, 0.717) is 23.6 Å². The van der Waals surface area contributed by atoms with E-state index in [1.54, 1.807) is 6.92 Å². The molecule has 0 saturated carbocycles. The molecule has 0 radical (unpaired) electrons. The number of anilines is 1. The highest BCUT2D eigenvalue weighted by Crippen LogP contribution is 2.36. The third-order valence-corrected chi connectivity index (χ3v) is 4.16. The maximum atomic E-state index is 11.1. The summed E-state index contributed by atoms with van der Waals surface area (Å²) in [7, 11) is 1.85. The molecule has 2 saturated heterocycles. The molecule has 7 heteroatoms. The summed E-state index contributed by atoms with van der Waals surface area (Å²) in [6.07, 6.45) is 1.10. The lowest BCUT2D eigenvalue weighted by atomic mass is 10.1. The number of imidazole rings is 1. The van der Waals surface area contributed by atoms with Crippen molar-refractivity contribution in [3.8, 4) is 0 Å². The highest BCUT2D eigenvalue weighted by Gasteiger charge is 2.42. The van der Waals surface area contributed by atoms with Gasteiger partial charge in [-0.05, 0) is 22.2 Å². The first-order valence-corrected chi connectivity index (χ1v) is 6.24. The fourth-order valence-electron chi connectivity index (χ4n) is 3.14. The first-order valence-electron chi connectivity index (χ1n) is 6.24. The van der Waals surface area contributed by atoms with Crippen LogP contribution in [0.25, 0.3) is 0 Å². The standard InChI is InChI=1S/C11H17N5O2/c1-7-13-10(16(17)18)11(14(7)2)15-4-3-8-5-12-6-9(8)15/h8-9,12H,3-6H2,1-2H3/t8-,9+/m0/s1. The first kappa shape index (κ1) is 11.5. The van der Waals surface area contributed by atoms with Crippen molar-refractivity contribution in [3.05, 3.63) is 15.9 Å². The molecule has 0 spiro atoms. The highest BCUT2D eigenvalue weighted by molar-refractivity contribution is 5.57. The minimum Gasteiger partial charge on any atom is -0.358 e. The predicted molar refractivity (Wildman–Crippen MR) is 66.7 cm³/mol. The normalized spacial score (nSPS) is 26.7. The summed E-state index contributed by atoms with van der Waals surface area (Å²) < 4.78 is 1.83. The van der Waals surface area contributed by atoms with Gasteiger partial charge >= 0.3 is 5.82 Å². The van der Waals surface area contributed by atoms with Crippen LogP contribution in [0.5, 0.6) is 0 Å². The van der Waals surface area contributed by atoms with Crippen LogP contribution >= 0.6 is 0 Å². The number of aryl methyl sites for hydroxylation is 1. The second-order valence-electron chi connectivity index (χ2n) is 5.09. The molecule has 1 aromatic rings. The van der Waals surface area contributed by atoms with Crippen molar-refractivity contribution >= 4 is 11.6 Å². The maximum Gasteiger partial charge on any atom is 0.406 e. The van der Waals surface area contributed by atoms with Crippen LogP contribution in [0.3, 0.4) is 0 Å². The van der Waals surface area contributed by atoms with Gasteiger partial charge in [-0.15, -0.1) is 0 Å². The molecule has 3 rings (SSSR count). The largest absolute Gasteiger partial charge is 0.406 e. The van der Waals surface area contributed by atoms with E-state index in [0.717, 1.165) is 26.1 Å². The summed E-state index contributed by atoms with van der Waals surface area (Å²) >= 11 is 0. The molecule has 2 atom stereocenters. The smallest absolute Gasteiger partial charge is 0.358 e. The van der Waals surface area contributed by atoms with Gasteiger partial charge in [0.05, 0.1) is 0 Å². The van der Waals surface area contributed by atoms with Crippen LogP contribution in [0.4, 0.5) is 11.6 Å². The van der Waals surface area contributed by atoms with E-state index in [2.05, 4.69) is 15.2 Å². The van der Waals surface area contributed by atoms with Gasteiger partial charge in [0.1, 0.15) is 0 Å². The van der Waals surface area contributed by atoms with Gasteiger partial charge in [0.25, 0.3) is 0 Å². The molecule has 0 unspecified atom stereocenters. The van der Waals surface area contributed by atoms with Crippen molar-refractivity contribution in [2.45, 2.75) is 19.4 Å². The van der Waals surface area contributed by atoms with Crippen LogP contribution in [0.15, 0.2) is 0 Å². The highest BCUT2D eigenvalue weighted by atomic mass is 16.6. The summed E-state index contributed by atoms with van der Waals surface area (Å²) in [5, 5.41) is 14.5.